The second kappa shape index (κ2) is 11.1. The van der Waals surface area contributed by atoms with Crippen LogP contribution in [0.2, 0.25) is 0 Å². The highest BCUT2D eigenvalue weighted by Gasteiger charge is 1.96. The highest BCUT2D eigenvalue weighted by Crippen LogP contribution is 1.90. The quantitative estimate of drug-likeness (QED) is 0.554. The van der Waals surface area contributed by atoms with Gasteiger partial charge in [-0.15, -0.1) is 0 Å². The van der Waals surface area contributed by atoms with Crippen LogP contribution in [0, 0.1) is 10.8 Å². The largest absolute Gasteiger partial charge is 0.421 e. The molecule has 4 nitrogen and oxygen atoms in total. The zero-order valence-electron chi connectivity index (χ0n) is 10.1. The number of aliphatic imine (C=N–C) groups is 1. The molecule has 0 aromatic heterocycles. The molecule has 0 aromatic rings. The molecule has 0 aromatic carbocycles. The maximum atomic E-state index is 7.33. The van der Waals surface area contributed by atoms with Crippen molar-refractivity contribution in [1.29, 1.82) is 10.8 Å². The number of hydrogen-bond donors (Lipinski definition) is 2. The number of hydrogen-bond acceptors (Lipinski definition) is 4. The lowest BCUT2D eigenvalue weighted by atomic mass is 10.4. The van der Waals surface area contributed by atoms with Gasteiger partial charge in [0, 0.05) is 18.0 Å². The monoisotopic (exact) mass is 221 g/mol. The van der Waals surface area contributed by atoms with Crippen molar-refractivity contribution < 1.29 is 4.74 Å². The smallest absolute Gasteiger partial charge is 0.220 e. The van der Waals surface area contributed by atoms with Gasteiger partial charge < -0.3 is 10.1 Å². The Morgan fingerprint density at radius 1 is 1.19 bits per heavy atom. The molecule has 0 fully saturated rings. The summed E-state index contributed by atoms with van der Waals surface area (Å²) in [5.74, 6) is 0.106. The minimum absolute atomic E-state index is 0.0999. The fraction of sp³-hybridized carbons (Fsp3) is 0.250. The Kier molecular flexibility index (Phi) is 11.4. The molecule has 0 unspecified atom stereocenters. The van der Waals surface area contributed by atoms with Gasteiger partial charge in [-0.05, 0) is 19.1 Å². The summed E-state index contributed by atoms with van der Waals surface area (Å²) >= 11 is 0. The van der Waals surface area contributed by atoms with E-state index in [0.717, 1.165) is 0 Å². The van der Waals surface area contributed by atoms with Crippen LogP contribution in [0.25, 0.3) is 0 Å². The zero-order chi connectivity index (χ0) is 13.0. The van der Waals surface area contributed by atoms with Crippen LogP contribution in [-0.4, -0.2) is 17.5 Å². The first-order valence-electron chi connectivity index (χ1n) is 4.91. The molecule has 0 bridgehead atoms. The van der Waals surface area contributed by atoms with Crippen LogP contribution in [0.4, 0.5) is 0 Å². The molecule has 0 spiro atoms. The highest BCUT2D eigenvalue weighted by atomic mass is 16.5. The van der Waals surface area contributed by atoms with Gasteiger partial charge in [-0.3, -0.25) is 5.41 Å². The zero-order valence-corrected chi connectivity index (χ0v) is 10.1. The van der Waals surface area contributed by atoms with Gasteiger partial charge in [0.05, 0.1) is 0 Å². The molecule has 0 aliphatic carbocycles. The van der Waals surface area contributed by atoms with E-state index in [-0.39, 0.29) is 11.8 Å². The standard InChI is InChI=1S/C10H13N3O.C2H6/c1-4-10(13-5-2)14-9(12)7-6-8(3)11;1-2/h4-7,11-12H,1-2H2,3H3;1-2H3/b7-6-,11-8?,12-9?,13-10?;. The van der Waals surface area contributed by atoms with E-state index >= 15 is 0 Å². The summed E-state index contributed by atoms with van der Waals surface area (Å²) in [7, 11) is 0. The molecule has 0 aliphatic rings. The fourth-order valence-corrected chi connectivity index (χ4v) is 0.558. The number of ether oxygens (including phenoxy) is 1. The van der Waals surface area contributed by atoms with Crippen molar-refractivity contribution in [2.24, 2.45) is 4.99 Å². The summed E-state index contributed by atoms with van der Waals surface area (Å²) in [5.41, 5.74) is 0.346. The van der Waals surface area contributed by atoms with E-state index in [4.69, 9.17) is 15.6 Å². The molecule has 0 saturated heterocycles. The van der Waals surface area contributed by atoms with Crippen molar-refractivity contribution in [1.82, 2.24) is 0 Å². The lowest BCUT2D eigenvalue weighted by molar-refractivity contribution is 0.549. The van der Waals surface area contributed by atoms with Gasteiger partial charge in [0.25, 0.3) is 0 Å². The van der Waals surface area contributed by atoms with Gasteiger partial charge in [-0.1, -0.05) is 27.0 Å². The molecule has 0 amide bonds. The second-order valence-electron chi connectivity index (χ2n) is 2.34. The SMILES string of the molecule is C=CN=C(C=C)OC(=N)/C=C\C(C)=N.CC. The van der Waals surface area contributed by atoms with Crippen LogP contribution < -0.4 is 0 Å². The third-order valence-corrected chi connectivity index (χ3v) is 1.09. The molecule has 4 heteroatoms. The van der Waals surface area contributed by atoms with Crippen LogP contribution in [-0.2, 0) is 4.74 Å². The summed E-state index contributed by atoms with van der Waals surface area (Å²) in [6.45, 7) is 12.5. The molecule has 2 N–H and O–H groups in total. The number of nitrogens with one attached hydrogen (secondary N) is 2. The van der Waals surface area contributed by atoms with Crippen molar-refractivity contribution in [2.75, 3.05) is 0 Å². The normalized spacial score (nSPS) is 10.1. The Bertz CT molecular complexity index is 314. The predicted octanol–water partition coefficient (Wildman–Crippen LogP) is 3.33. The minimum atomic E-state index is -0.0999. The molecule has 88 valence electrons. The molecule has 0 radical (unpaired) electrons. The Labute approximate surface area is 97.1 Å². The molecule has 0 rings (SSSR count). The number of nitrogens with zero attached hydrogens (tertiary/aromatic N) is 1. The van der Waals surface area contributed by atoms with Gasteiger partial charge in [-0.2, -0.15) is 0 Å². The Hall–Kier alpha value is -1.97. The summed E-state index contributed by atoms with van der Waals surface area (Å²) in [5, 5.41) is 14.4. The molecule has 0 aliphatic heterocycles. The lowest BCUT2D eigenvalue weighted by Crippen LogP contribution is -2.06. The molecular formula is C12H19N3O. The third-order valence-electron chi connectivity index (χ3n) is 1.09. The summed E-state index contributed by atoms with van der Waals surface area (Å²) in [4.78, 5) is 3.72. The average molecular weight is 221 g/mol. The highest BCUT2D eigenvalue weighted by molar-refractivity contribution is 6.03. The van der Waals surface area contributed by atoms with Gasteiger partial charge >= 0.3 is 0 Å². The Balaban J connectivity index is 0. The van der Waals surface area contributed by atoms with E-state index in [1.54, 1.807) is 6.92 Å². The summed E-state index contributed by atoms with van der Waals surface area (Å²) in [6.07, 6.45) is 5.50. The first kappa shape index (κ1) is 16.5. The van der Waals surface area contributed by atoms with E-state index in [1.807, 2.05) is 13.8 Å². The van der Waals surface area contributed by atoms with Gasteiger partial charge in [-0.25, -0.2) is 4.99 Å². The van der Waals surface area contributed by atoms with Crippen molar-refractivity contribution >= 4 is 17.5 Å². The number of allylic oxidation sites excluding steroid dienone is 1. The van der Waals surface area contributed by atoms with Crippen molar-refractivity contribution in [2.45, 2.75) is 20.8 Å². The van der Waals surface area contributed by atoms with Crippen molar-refractivity contribution in [3.05, 3.63) is 37.6 Å². The summed E-state index contributed by atoms with van der Waals surface area (Å²) in [6, 6.07) is 0. The van der Waals surface area contributed by atoms with E-state index in [9.17, 15) is 0 Å². The second-order valence-corrected chi connectivity index (χ2v) is 2.34. The Morgan fingerprint density at radius 2 is 1.75 bits per heavy atom. The van der Waals surface area contributed by atoms with Gasteiger partial charge in [0.1, 0.15) is 0 Å². The Morgan fingerprint density at radius 3 is 2.12 bits per heavy atom. The first-order valence-corrected chi connectivity index (χ1v) is 4.91. The lowest BCUT2D eigenvalue weighted by Gasteiger charge is -2.00. The van der Waals surface area contributed by atoms with Crippen molar-refractivity contribution in [3.63, 3.8) is 0 Å². The van der Waals surface area contributed by atoms with Crippen LogP contribution in [0.5, 0.6) is 0 Å². The van der Waals surface area contributed by atoms with Crippen LogP contribution in [0.15, 0.2) is 42.6 Å². The predicted molar refractivity (Wildman–Crippen MR) is 70.5 cm³/mol. The molecule has 0 saturated carbocycles. The molecule has 0 heterocycles. The van der Waals surface area contributed by atoms with Gasteiger partial charge in [0.15, 0.2) is 0 Å². The average Bonchev–Trinajstić information content (AvgIpc) is 2.28. The molecule has 0 atom stereocenters. The van der Waals surface area contributed by atoms with Crippen LogP contribution in [0.1, 0.15) is 20.8 Å². The number of rotatable bonds is 4. The van der Waals surface area contributed by atoms with E-state index in [2.05, 4.69) is 18.2 Å². The first-order chi connectivity index (χ1) is 7.60. The van der Waals surface area contributed by atoms with Gasteiger partial charge in [0.2, 0.25) is 11.8 Å². The minimum Gasteiger partial charge on any atom is -0.421 e. The fourth-order valence-electron chi connectivity index (χ4n) is 0.558. The van der Waals surface area contributed by atoms with E-state index in [0.29, 0.717) is 5.71 Å². The molecular weight excluding hydrogens is 202 g/mol. The maximum absolute atomic E-state index is 7.33. The topological polar surface area (TPSA) is 69.3 Å². The van der Waals surface area contributed by atoms with Crippen molar-refractivity contribution in [3.8, 4) is 0 Å². The molecule has 16 heavy (non-hydrogen) atoms. The van der Waals surface area contributed by atoms with Crippen LogP contribution in [0.3, 0.4) is 0 Å². The van der Waals surface area contributed by atoms with Crippen LogP contribution >= 0.6 is 0 Å². The maximum Gasteiger partial charge on any atom is 0.220 e. The van der Waals surface area contributed by atoms with E-state index in [1.165, 1.54) is 24.4 Å². The van der Waals surface area contributed by atoms with E-state index < -0.39 is 0 Å². The third kappa shape index (κ3) is 10.1. The summed E-state index contributed by atoms with van der Waals surface area (Å²) < 4.78 is 4.95.